The Morgan fingerprint density at radius 2 is 2.14 bits per heavy atom. The zero-order chi connectivity index (χ0) is 10.4. The lowest BCUT2D eigenvalue weighted by molar-refractivity contribution is 0.157. The van der Waals surface area contributed by atoms with Crippen molar-refractivity contribution in [3.8, 4) is 0 Å². The van der Waals surface area contributed by atoms with Crippen LogP contribution in [0, 0.1) is 5.92 Å². The normalized spacial score (nSPS) is 29.4. The van der Waals surface area contributed by atoms with Crippen molar-refractivity contribution in [2.24, 2.45) is 5.92 Å². The van der Waals surface area contributed by atoms with E-state index in [0.29, 0.717) is 0 Å². The molecule has 1 aliphatic rings. The Labute approximate surface area is 88.1 Å². The van der Waals surface area contributed by atoms with Crippen molar-refractivity contribution in [3.05, 3.63) is 0 Å². The minimum atomic E-state index is -0.107. The smallest absolute Gasteiger partial charge is 0.0549 e. The molecule has 0 bridgehead atoms. The average Bonchev–Trinajstić information content (AvgIpc) is 2.65. The lowest BCUT2D eigenvalue weighted by atomic mass is 10.0. The van der Waals surface area contributed by atoms with Gasteiger partial charge in [0, 0.05) is 6.04 Å². The maximum atomic E-state index is 9.41. The number of nitrogens with one attached hydrogen (secondary N) is 1. The first-order chi connectivity index (χ1) is 6.77. The van der Waals surface area contributed by atoms with Crippen LogP contribution in [0.1, 0.15) is 52.4 Å². The third-order valence-electron chi connectivity index (χ3n) is 3.54. The van der Waals surface area contributed by atoms with Crippen LogP contribution in [0.4, 0.5) is 0 Å². The summed E-state index contributed by atoms with van der Waals surface area (Å²) in [6, 6.07) is 0.726. The minimum Gasteiger partial charge on any atom is -0.393 e. The van der Waals surface area contributed by atoms with Crippen molar-refractivity contribution in [2.45, 2.75) is 64.5 Å². The molecule has 0 aromatic rings. The first-order valence-electron chi connectivity index (χ1n) is 6.19. The highest BCUT2D eigenvalue weighted by Crippen LogP contribution is 2.27. The van der Waals surface area contributed by atoms with E-state index in [-0.39, 0.29) is 6.10 Å². The molecule has 0 aromatic carbocycles. The largest absolute Gasteiger partial charge is 0.393 e. The summed E-state index contributed by atoms with van der Waals surface area (Å²) in [5.41, 5.74) is 0. The quantitative estimate of drug-likeness (QED) is 0.688. The molecule has 1 saturated carbocycles. The number of aliphatic hydroxyl groups is 1. The molecule has 84 valence electrons. The zero-order valence-corrected chi connectivity index (χ0v) is 9.63. The van der Waals surface area contributed by atoms with E-state index in [1.165, 1.54) is 25.7 Å². The number of rotatable bonds is 6. The monoisotopic (exact) mass is 199 g/mol. The minimum absolute atomic E-state index is 0.107. The van der Waals surface area contributed by atoms with Gasteiger partial charge in [-0.1, -0.05) is 26.7 Å². The van der Waals surface area contributed by atoms with Crippen LogP contribution in [0.25, 0.3) is 0 Å². The average molecular weight is 199 g/mol. The van der Waals surface area contributed by atoms with Gasteiger partial charge in [-0.05, 0) is 38.1 Å². The van der Waals surface area contributed by atoms with Gasteiger partial charge >= 0.3 is 0 Å². The summed E-state index contributed by atoms with van der Waals surface area (Å²) in [5.74, 6) is 0.883. The van der Waals surface area contributed by atoms with E-state index >= 15 is 0 Å². The van der Waals surface area contributed by atoms with Crippen molar-refractivity contribution in [1.82, 2.24) is 5.32 Å². The van der Waals surface area contributed by atoms with Gasteiger partial charge in [-0.25, -0.2) is 0 Å². The summed E-state index contributed by atoms with van der Waals surface area (Å²) in [5, 5.41) is 13.0. The molecule has 0 spiro atoms. The van der Waals surface area contributed by atoms with Gasteiger partial charge in [0.05, 0.1) is 6.10 Å². The molecule has 1 rings (SSSR count). The lowest BCUT2D eigenvalue weighted by Gasteiger charge is -2.20. The van der Waals surface area contributed by atoms with Gasteiger partial charge in [0.2, 0.25) is 0 Å². The highest BCUT2D eigenvalue weighted by Gasteiger charge is 2.24. The maximum absolute atomic E-state index is 9.41. The standard InChI is InChI=1S/C12H25NO/c1-3-10-6-5-7-12(10)13-9-8-11(14)4-2/h10-14H,3-9H2,1-2H3. The van der Waals surface area contributed by atoms with Crippen LogP contribution in [-0.4, -0.2) is 23.8 Å². The van der Waals surface area contributed by atoms with Gasteiger partial charge in [0.1, 0.15) is 0 Å². The van der Waals surface area contributed by atoms with Crippen molar-refractivity contribution >= 4 is 0 Å². The van der Waals surface area contributed by atoms with Crippen LogP contribution >= 0.6 is 0 Å². The van der Waals surface area contributed by atoms with E-state index in [1.807, 2.05) is 6.92 Å². The molecule has 0 saturated heterocycles. The SMILES string of the molecule is CCC(O)CCNC1CCCC1CC. The summed E-state index contributed by atoms with van der Waals surface area (Å²) in [7, 11) is 0. The predicted molar refractivity (Wildman–Crippen MR) is 60.3 cm³/mol. The topological polar surface area (TPSA) is 32.3 Å². The summed E-state index contributed by atoms with van der Waals surface area (Å²) >= 11 is 0. The fourth-order valence-corrected chi connectivity index (χ4v) is 2.43. The van der Waals surface area contributed by atoms with Gasteiger partial charge < -0.3 is 10.4 Å². The second-order valence-corrected chi connectivity index (χ2v) is 4.51. The van der Waals surface area contributed by atoms with Crippen LogP contribution in [0.3, 0.4) is 0 Å². The van der Waals surface area contributed by atoms with E-state index in [0.717, 1.165) is 31.3 Å². The Morgan fingerprint density at radius 1 is 1.36 bits per heavy atom. The molecule has 14 heavy (non-hydrogen) atoms. The molecular formula is C12H25NO. The second-order valence-electron chi connectivity index (χ2n) is 4.51. The first-order valence-corrected chi connectivity index (χ1v) is 6.19. The molecule has 3 atom stereocenters. The molecule has 3 unspecified atom stereocenters. The second kappa shape index (κ2) is 6.41. The molecule has 2 nitrogen and oxygen atoms in total. The zero-order valence-electron chi connectivity index (χ0n) is 9.63. The molecule has 1 fully saturated rings. The summed E-state index contributed by atoms with van der Waals surface area (Å²) in [6.07, 6.45) is 7.09. The van der Waals surface area contributed by atoms with E-state index in [2.05, 4.69) is 12.2 Å². The molecule has 0 amide bonds. The van der Waals surface area contributed by atoms with Crippen molar-refractivity contribution in [1.29, 1.82) is 0 Å². The van der Waals surface area contributed by atoms with Gasteiger partial charge in [-0.3, -0.25) is 0 Å². The molecular weight excluding hydrogens is 174 g/mol. The molecule has 0 radical (unpaired) electrons. The van der Waals surface area contributed by atoms with Crippen molar-refractivity contribution < 1.29 is 5.11 Å². The molecule has 1 aliphatic carbocycles. The molecule has 0 heterocycles. The van der Waals surface area contributed by atoms with E-state index in [4.69, 9.17) is 0 Å². The van der Waals surface area contributed by atoms with E-state index in [1.54, 1.807) is 0 Å². The fraction of sp³-hybridized carbons (Fsp3) is 1.00. The molecule has 2 heteroatoms. The summed E-state index contributed by atoms with van der Waals surface area (Å²) < 4.78 is 0. The molecule has 0 aromatic heterocycles. The fourth-order valence-electron chi connectivity index (χ4n) is 2.43. The number of aliphatic hydroxyl groups excluding tert-OH is 1. The Morgan fingerprint density at radius 3 is 2.79 bits per heavy atom. The summed E-state index contributed by atoms with van der Waals surface area (Å²) in [4.78, 5) is 0. The third kappa shape index (κ3) is 3.58. The molecule has 0 aliphatic heterocycles. The van der Waals surface area contributed by atoms with Gasteiger partial charge in [-0.2, -0.15) is 0 Å². The highest BCUT2D eigenvalue weighted by molar-refractivity contribution is 4.82. The maximum Gasteiger partial charge on any atom is 0.0549 e. The van der Waals surface area contributed by atoms with Crippen LogP contribution in [0.2, 0.25) is 0 Å². The van der Waals surface area contributed by atoms with Gasteiger partial charge in [0.25, 0.3) is 0 Å². The van der Waals surface area contributed by atoms with Crippen LogP contribution in [0.15, 0.2) is 0 Å². The van der Waals surface area contributed by atoms with Crippen molar-refractivity contribution in [2.75, 3.05) is 6.54 Å². The number of hydrogen-bond acceptors (Lipinski definition) is 2. The van der Waals surface area contributed by atoms with E-state index in [9.17, 15) is 5.11 Å². The van der Waals surface area contributed by atoms with Crippen LogP contribution in [0.5, 0.6) is 0 Å². The van der Waals surface area contributed by atoms with Gasteiger partial charge in [0.15, 0.2) is 0 Å². The first kappa shape index (κ1) is 12.0. The Bertz CT molecular complexity index is 149. The third-order valence-corrected chi connectivity index (χ3v) is 3.54. The Kier molecular flexibility index (Phi) is 5.49. The van der Waals surface area contributed by atoms with Gasteiger partial charge in [-0.15, -0.1) is 0 Å². The Hall–Kier alpha value is -0.0800. The Balaban J connectivity index is 2.11. The number of hydrogen-bond donors (Lipinski definition) is 2. The van der Waals surface area contributed by atoms with Crippen LogP contribution in [-0.2, 0) is 0 Å². The predicted octanol–water partition coefficient (Wildman–Crippen LogP) is 2.32. The van der Waals surface area contributed by atoms with Crippen molar-refractivity contribution in [3.63, 3.8) is 0 Å². The lowest BCUT2D eigenvalue weighted by Crippen LogP contribution is -2.34. The summed E-state index contributed by atoms with van der Waals surface area (Å²) in [6.45, 7) is 5.30. The molecule has 2 N–H and O–H groups in total. The van der Waals surface area contributed by atoms with Crippen LogP contribution < -0.4 is 5.32 Å². The van der Waals surface area contributed by atoms with E-state index < -0.39 is 0 Å². The highest BCUT2D eigenvalue weighted by atomic mass is 16.3.